The fraction of sp³-hybridized carbons (Fsp3) is 0.385. The molecule has 2 aromatic heterocycles. The summed E-state index contributed by atoms with van der Waals surface area (Å²) < 4.78 is 2.14. The fourth-order valence-corrected chi connectivity index (χ4v) is 1.76. The lowest BCUT2D eigenvalue weighted by atomic mass is 10.2. The van der Waals surface area contributed by atoms with Gasteiger partial charge >= 0.3 is 0 Å². The number of aryl methyl sites for hydroxylation is 1. The van der Waals surface area contributed by atoms with Crippen molar-refractivity contribution in [3.05, 3.63) is 42.5 Å². The van der Waals surface area contributed by atoms with E-state index >= 15 is 0 Å². The largest absolute Gasteiger partial charge is 0.355 e. The van der Waals surface area contributed by atoms with E-state index in [9.17, 15) is 0 Å². The molecular formula is C13H18N4. The molecule has 0 radical (unpaired) electrons. The number of nitrogens with one attached hydrogen (secondary N) is 1. The van der Waals surface area contributed by atoms with Gasteiger partial charge in [0.2, 0.25) is 5.95 Å². The summed E-state index contributed by atoms with van der Waals surface area (Å²) in [6, 6.07) is 4.06. The number of pyridine rings is 1. The van der Waals surface area contributed by atoms with Crippen LogP contribution in [0.5, 0.6) is 0 Å². The molecular weight excluding hydrogens is 212 g/mol. The van der Waals surface area contributed by atoms with Gasteiger partial charge in [-0.15, -0.1) is 0 Å². The van der Waals surface area contributed by atoms with Gasteiger partial charge in [-0.25, -0.2) is 4.98 Å². The summed E-state index contributed by atoms with van der Waals surface area (Å²) >= 11 is 0. The molecule has 2 heterocycles. The van der Waals surface area contributed by atoms with Crippen LogP contribution in [0.2, 0.25) is 0 Å². The van der Waals surface area contributed by atoms with Crippen molar-refractivity contribution < 1.29 is 0 Å². The van der Waals surface area contributed by atoms with Gasteiger partial charge in [-0.3, -0.25) is 4.98 Å². The summed E-state index contributed by atoms with van der Waals surface area (Å²) in [5, 5.41) is 3.35. The zero-order valence-electron chi connectivity index (χ0n) is 10.1. The van der Waals surface area contributed by atoms with Crippen molar-refractivity contribution in [3.63, 3.8) is 0 Å². The Morgan fingerprint density at radius 2 is 2.29 bits per heavy atom. The van der Waals surface area contributed by atoms with Crippen molar-refractivity contribution in [3.8, 4) is 0 Å². The highest BCUT2D eigenvalue weighted by atomic mass is 15.2. The van der Waals surface area contributed by atoms with Crippen LogP contribution in [0.3, 0.4) is 0 Å². The molecule has 17 heavy (non-hydrogen) atoms. The van der Waals surface area contributed by atoms with Crippen molar-refractivity contribution in [2.45, 2.75) is 26.3 Å². The molecule has 2 aromatic rings. The molecule has 0 fully saturated rings. The zero-order valence-corrected chi connectivity index (χ0v) is 10.1. The predicted octanol–water partition coefficient (Wildman–Crippen LogP) is 2.34. The Morgan fingerprint density at radius 3 is 3.06 bits per heavy atom. The number of hydrogen-bond acceptors (Lipinski definition) is 3. The van der Waals surface area contributed by atoms with Gasteiger partial charge < -0.3 is 9.88 Å². The molecule has 0 amide bonds. The van der Waals surface area contributed by atoms with Crippen molar-refractivity contribution in [1.82, 2.24) is 14.5 Å². The zero-order chi connectivity index (χ0) is 11.9. The van der Waals surface area contributed by atoms with Gasteiger partial charge in [-0.1, -0.05) is 13.0 Å². The van der Waals surface area contributed by atoms with Crippen molar-refractivity contribution in [2.75, 3.05) is 11.9 Å². The molecule has 0 aromatic carbocycles. The van der Waals surface area contributed by atoms with Crippen LogP contribution in [0, 0.1) is 0 Å². The van der Waals surface area contributed by atoms with E-state index < -0.39 is 0 Å². The van der Waals surface area contributed by atoms with E-state index in [2.05, 4.69) is 32.8 Å². The van der Waals surface area contributed by atoms with Crippen LogP contribution in [0.4, 0.5) is 5.95 Å². The number of aromatic nitrogens is 3. The van der Waals surface area contributed by atoms with Crippen LogP contribution in [-0.2, 0) is 13.0 Å². The molecule has 0 aliphatic rings. The molecule has 0 aliphatic heterocycles. The second kappa shape index (κ2) is 6.03. The summed E-state index contributed by atoms with van der Waals surface area (Å²) in [6.07, 6.45) is 9.63. The number of nitrogens with zero attached hydrogens (tertiary/aromatic N) is 3. The Morgan fingerprint density at radius 1 is 1.35 bits per heavy atom. The lowest BCUT2D eigenvalue weighted by Crippen LogP contribution is -2.10. The summed E-state index contributed by atoms with van der Waals surface area (Å²) in [7, 11) is 0. The molecule has 0 saturated carbocycles. The quantitative estimate of drug-likeness (QED) is 0.828. The number of rotatable bonds is 6. The first-order chi connectivity index (χ1) is 8.40. The average Bonchev–Trinajstić information content (AvgIpc) is 2.79. The Bertz CT molecular complexity index is 436. The van der Waals surface area contributed by atoms with Crippen LogP contribution in [0.25, 0.3) is 0 Å². The van der Waals surface area contributed by atoms with Gasteiger partial charge in [-0.05, 0) is 24.5 Å². The average molecular weight is 230 g/mol. The molecule has 4 nitrogen and oxygen atoms in total. The third-order valence-electron chi connectivity index (χ3n) is 2.60. The van der Waals surface area contributed by atoms with E-state index in [4.69, 9.17) is 0 Å². The summed E-state index contributed by atoms with van der Waals surface area (Å²) in [6.45, 7) is 4.06. The van der Waals surface area contributed by atoms with E-state index in [1.54, 1.807) is 6.20 Å². The molecule has 0 saturated heterocycles. The Hall–Kier alpha value is -1.84. The van der Waals surface area contributed by atoms with E-state index in [1.807, 2.05) is 24.7 Å². The van der Waals surface area contributed by atoms with Crippen LogP contribution < -0.4 is 5.32 Å². The minimum absolute atomic E-state index is 0.881. The molecule has 0 atom stereocenters. The molecule has 0 unspecified atom stereocenters. The smallest absolute Gasteiger partial charge is 0.202 e. The predicted molar refractivity (Wildman–Crippen MR) is 68.9 cm³/mol. The van der Waals surface area contributed by atoms with Crippen molar-refractivity contribution in [1.29, 1.82) is 0 Å². The molecule has 90 valence electrons. The second-order valence-corrected chi connectivity index (χ2v) is 3.98. The summed E-state index contributed by atoms with van der Waals surface area (Å²) in [5.41, 5.74) is 1.24. The highest BCUT2D eigenvalue weighted by Gasteiger charge is 2.00. The van der Waals surface area contributed by atoms with Gasteiger partial charge in [0.1, 0.15) is 0 Å². The topological polar surface area (TPSA) is 42.7 Å². The third kappa shape index (κ3) is 3.31. The Balaban J connectivity index is 1.84. The van der Waals surface area contributed by atoms with Gasteiger partial charge in [-0.2, -0.15) is 0 Å². The molecule has 0 spiro atoms. The molecule has 2 rings (SSSR count). The van der Waals surface area contributed by atoms with Crippen LogP contribution in [0.15, 0.2) is 36.9 Å². The van der Waals surface area contributed by atoms with Gasteiger partial charge in [0.05, 0.1) is 0 Å². The highest BCUT2D eigenvalue weighted by molar-refractivity contribution is 5.26. The normalized spacial score (nSPS) is 10.4. The maximum Gasteiger partial charge on any atom is 0.202 e. The van der Waals surface area contributed by atoms with Gasteiger partial charge in [0, 0.05) is 37.9 Å². The fourth-order valence-electron chi connectivity index (χ4n) is 1.76. The van der Waals surface area contributed by atoms with E-state index in [0.29, 0.717) is 0 Å². The van der Waals surface area contributed by atoms with Crippen LogP contribution in [0.1, 0.15) is 18.9 Å². The monoisotopic (exact) mass is 230 g/mol. The highest BCUT2D eigenvalue weighted by Crippen LogP contribution is 2.05. The molecule has 0 aliphatic carbocycles. The Labute approximate surface area is 102 Å². The van der Waals surface area contributed by atoms with Gasteiger partial charge in [0.15, 0.2) is 0 Å². The first-order valence-electron chi connectivity index (χ1n) is 6.04. The van der Waals surface area contributed by atoms with Crippen molar-refractivity contribution >= 4 is 5.95 Å². The SMILES string of the molecule is CCCn1ccnc1NCCc1cccnc1. The molecule has 4 heteroatoms. The maximum absolute atomic E-state index is 4.30. The molecule has 1 N–H and O–H groups in total. The minimum Gasteiger partial charge on any atom is -0.355 e. The molecule has 0 bridgehead atoms. The Kier molecular flexibility index (Phi) is 4.13. The van der Waals surface area contributed by atoms with E-state index in [-0.39, 0.29) is 0 Å². The minimum atomic E-state index is 0.881. The summed E-state index contributed by atoms with van der Waals surface area (Å²) in [4.78, 5) is 8.40. The second-order valence-electron chi connectivity index (χ2n) is 3.98. The van der Waals surface area contributed by atoms with Gasteiger partial charge in [0.25, 0.3) is 0 Å². The van der Waals surface area contributed by atoms with E-state index in [1.165, 1.54) is 5.56 Å². The number of anilines is 1. The first kappa shape index (κ1) is 11.6. The lowest BCUT2D eigenvalue weighted by molar-refractivity contribution is 0.682. The lowest BCUT2D eigenvalue weighted by Gasteiger charge is -2.08. The van der Waals surface area contributed by atoms with Crippen LogP contribution in [-0.4, -0.2) is 21.1 Å². The first-order valence-corrected chi connectivity index (χ1v) is 6.04. The van der Waals surface area contributed by atoms with E-state index in [0.717, 1.165) is 31.9 Å². The standard InChI is InChI=1S/C13H18N4/c1-2-9-17-10-8-16-13(17)15-7-5-12-4-3-6-14-11-12/h3-4,6,8,10-11H,2,5,7,9H2,1H3,(H,15,16). The maximum atomic E-state index is 4.30. The third-order valence-corrected chi connectivity index (χ3v) is 2.60. The van der Waals surface area contributed by atoms with Crippen LogP contribution >= 0.6 is 0 Å². The number of imidazole rings is 1. The van der Waals surface area contributed by atoms with Crippen molar-refractivity contribution in [2.24, 2.45) is 0 Å². The summed E-state index contributed by atoms with van der Waals surface area (Å²) in [5.74, 6) is 0.954. The number of hydrogen-bond donors (Lipinski definition) is 1.